The van der Waals surface area contributed by atoms with Crippen molar-refractivity contribution in [2.45, 2.75) is 96.6 Å². The molecular weight excluding hydrogens is 360 g/mol. The zero-order chi connectivity index (χ0) is 20.4. The van der Waals surface area contributed by atoms with E-state index in [0.29, 0.717) is 44.0 Å². The van der Waals surface area contributed by atoms with Crippen LogP contribution >= 0.6 is 0 Å². The Bertz CT molecular complexity index is 646. The number of nitrogens with one attached hydrogen (secondary N) is 1. The number of H-pyrrole nitrogens is 1. The maximum Gasteiger partial charge on any atom is 0.328 e. The average Bonchev–Trinajstić information content (AvgIpc) is 2.96. The van der Waals surface area contributed by atoms with Gasteiger partial charge in [-0.2, -0.15) is 0 Å². The summed E-state index contributed by atoms with van der Waals surface area (Å²) < 4.78 is 6.48. The Morgan fingerprint density at radius 3 is 2.64 bits per heavy atom. The number of hydrogen-bond acceptors (Lipinski definition) is 5. The summed E-state index contributed by atoms with van der Waals surface area (Å²) in [6, 6.07) is 0. The molecule has 1 fully saturated rings. The van der Waals surface area contributed by atoms with E-state index in [-0.39, 0.29) is 23.6 Å². The summed E-state index contributed by atoms with van der Waals surface area (Å²) in [5, 5.41) is 20.5. The molecule has 0 aromatic carbocycles. The number of aliphatic hydroxyl groups excluding tert-OH is 1. The summed E-state index contributed by atoms with van der Waals surface area (Å²) >= 11 is 0. The first-order chi connectivity index (χ1) is 13.5. The third kappa shape index (κ3) is 7.00. The lowest BCUT2D eigenvalue weighted by molar-refractivity contribution is -0.143. The fourth-order valence-corrected chi connectivity index (χ4v) is 4.15. The smallest absolute Gasteiger partial charge is 0.328 e. The predicted octanol–water partition coefficient (Wildman–Crippen LogP) is 3.27. The zero-order valence-electron chi connectivity index (χ0n) is 17.1. The first-order valence-electron chi connectivity index (χ1n) is 10.9. The number of aromatic hydroxyl groups is 1. The number of imidazole rings is 1. The van der Waals surface area contributed by atoms with Gasteiger partial charge in [0, 0.05) is 13.0 Å². The third-order valence-electron chi connectivity index (χ3n) is 5.76. The number of aromatic amines is 1. The summed E-state index contributed by atoms with van der Waals surface area (Å²) in [5.74, 6) is 0.111. The highest BCUT2D eigenvalue weighted by atomic mass is 16.5. The van der Waals surface area contributed by atoms with Gasteiger partial charge in [0.05, 0.1) is 18.4 Å². The number of esters is 1. The third-order valence-corrected chi connectivity index (χ3v) is 5.76. The second-order valence-electron chi connectivity index (χ2n) is 7.85. The highest BCUT2D eigenvalue weighted by Crippen LogP contribution is 2.28. The van der Waals surface area contributed by atoms with E-state index in [2.05, 4.69) is 4.98 Å². The lowest BCUT2D eigenvalue weighted by Gasteiger charge is -2.26. The lowest BCUT2D eigenvalue weighted by atomic mass is 9.84. The molecule has 0 bridgehead atoms. The lowest BCUT2D eigenvalue weighted by Crippen LogP contribution is -2.27. The molecule has 0 radical (unpaired) electrons. The van der Waals surface area contributed by atoms with Crippen LogP contribution in [0.25, 0.3) is 0 Å². The summed E-state index contributed by atoms with van der Waals surface area (Å²) in [6.07, 6.45) is 10.4. The van der Waals surface area contributed by atoms with E-state index in [1.807, 2.05) is 0 Å². The number of aromatic nitrogens is 2. The first kappa shape index (κ1) is 22.5. The molecule has 1 aliphatic carbocycles. The number of ether oxygens (including phenoxy) is 1. The first-order valence-corrected chi connectivity index (χ1v) is 10.9. The minimum Gasteiger partial charge on any atom is -0.493 e. The van der Waals surface area contributed by atoms with Crippen molar-refractivity contribution in [3.63, 3.8) is 0 Å². The molecule has 1 aliphatic rings. The number of hydrogen-bond donors (Lipinski definition) is 3. The Hall–Kier alpha value is -1.76. The van der Waals surface area contributed by atoms with Crippen LogP contribution in [0.5, 0.6) is 5.88 Å². The van der Waals surface area contributed by atoms with Gasteiger partial charge in [0.25, 0.3) is 0 Å². The van der Waals surface area contributed by atoms with Crippen molar-refractivity contribution in [3.05, 3.63) is 16.2 Å². The quantitative estimate of drug-likeness (QED) is 0.371. The molecule has 1 saturated carbocycles. The molecule has 3 N–H and O–H groups in total. The van der Waals surface area contributed by atoms with Gasteiger partial charge in [-0.15, -0.1) is 0 Å². The minimum atomic E-state index is -0.389. The van der Waals surface area contributed by atoms with E-state index < -0.39 is 0 Å². The van der Waals surface area contributed by atoms with E-state index in [4.69, 9.17) is 4.74 Å². The topological polar surface area (TPSA) is 105 Å². The van der Waals surface area contributed by atoms with E-state index in [0.717, 1.165) is 38.5 Å². The zero-order valence-corrected chi connectivity index (χ0v) is 17.1. The molecule has 1 heterocycles. The monoisotopic (exact) mass is 396 g/mol. The second-order valence-corrected chi connectivity index (χ2v) is 7.85. The maximum atomic E-state index is 12.1. The van der Waals surface area contributed by atoms with Gasteiger partial charge in [-0.25, -0.2) is 4.79 Å². The van der Waals surface area contributed by atoms with Crippen LogP contribution in [0.3, 0.4) is 0 Å². The van der Waals surface area contributed by atoms with Gasteiger partial charge in [0.2, 0.25) is 5.88 Å². The van der Waals surface area contributed by atoms with Gasteiger partial charge >= 0.3 is 11.7 Å². The second kappa shape index (κ2) is 11.9. The summed E-state index contributed by atoms with van der Waals surface area (Å²) in [7, 11) is 0. The van der Waals surface area contributed by atoms with Crippen molar-refractivity contribution >= 4 is 5.97 Å². The molecule has 0 aliphatic heterocycles. The Balaban J connectivity index is 1.76. The number of nitrogens with zero attached hydrogens (tertiary/aromatic N) is 1. The molecule has 1 unspecified atom stereocenters. The van der Waals surface area contributed by atoms with Crippen molar-refractivity contribution < 1.29 is 19.7 Å². The molecule has 0 spiro atoms. The van der Waals surface area contributed by atoms with E-state index in [9.17, 15) is 19.8 Å². The van der Waals surface area contributed by atoms with Crippen LogP contribution in [0.15, 0.2) is 4.79 Å². The van der Waals surface area contributed by atoms with Crippen molar-refractivity contribution in [2.24, 2.45) is 5.92 Å². The van der Waals surface area contributed by atoms with Crippen LogP contribution in [0.1, 0.15) is 83.2 Å². The standard InChI is InChI=1S/C21H36N2O5/c1-2-28-19(25)13-9-4-3-8-12-17-20(26)22-21(27)23(17)15-14-18(24)16-10-6-5-7-11-16/h16,18,24,26H,2-15H2,1H3,(H,22,27). The van der Waals surface area contributed by atoms with Gasteiger partial charge in [-0.3, -0.25) is 14.3 Å². The molecule has 2 rings (SSSR count). The normalized spacial score (nSPS) is 16.2. The number of rotatable bonds is 12. The van der Waals surface area contributed by atoms with Gasteiger partial charge < -0.3 is 14.9 Å². The van der Waals surface area contributed by atoms with Crippen LogP contribution in [-0.4, -0.2) is 38.4 Å². The van der Waals surface area contributed by atoms with Crippen LogP contribution in [0.2, 0.25) is 0 Å². The predicted molar refractivity (Wildman–Crippen MR) is 107 cm³/mol. The Morgan fingerprint density at radius 1 is 1.21 bits per heavy atom. The Kier molecular flexibility index (Phi) is 9.61. The van der Waals surface area contributed by atoms with Gasteiger partial charge in [0.1, 0.15) is 0 Å². The molecule has 1 atom stereocenters. The molecule has 7 nitrogen and oxygen atoms in total. The van der Waals surface area contributed by atoms with Crippen molar-refractivity contribution in [1.82, 2.24) is 9.55 Å². The van der Waals surface area contributed by atoms with Crippen molar-refractivity contribution in [3.8, 4) is 5.88 Å². The molecule has 0 saturated heterocycles. The molecule has 7 heteroatoms. The van der Waals surface area contributed by atoms with Gasteiger partial charge in [-0.05, 0) is 51.4 Å². The number of unbranched alkanes of at least 4 members (excludes halogenated alkanes) is 3. The highest BCUT2D eigenvalue weighted by Gasteiger charge is 2.22. The number of carbonyl (C=O) groups is 1. The van der Waals surface area contributed by atoms with E-state index in [1.54, 1.807) is 11.5 Å². The Labute approximate surface area is 167 Å². The van der Waals surface area contributed by atoms with Crippen LogP contribution < -0.4 is 5.69 Å². The van der Waals surface area contributed by atoms with Gasteiger partial charge in [-0.1, -0.05) is 32.1 Å². The van der Waals surface area contributed by atoms with Crippen LogP contribution in [0, 0.1) is 5.92 Å². The number of carbonyl (C=O) groups excluding carboxylic acids is 1. The van der Waals surface area contributed by atoms with Gasteiger partial charge in [0.15, 0.2) is 0 Å². The van der Waals surface area contributed by atoms with Crippen molar-refractivity contribution in [2.75, 3.05) is 6.61 Å². The van der Waals surface area contributed by atoms with Crippen molar-refractivity contribution in [1.29, 1.82) is 0 Å². The summed E-state index contributed by atoms with van der Waals surface area (Å²) in [5.41, 5.74) is 0.303. The molecule has 0 amide bonds. The Morgan fingerprint density at radius 2 is 1.93 bits per heavy atom. The average molecular weight is 397 g/mol. The highest BCUT2D eigenvalue weighted by molar-refractivity contribution is 5.69. The fraction of sp³-hybridized carbons (Fsp3) is 0.810. The summed E-state index contributed by atoms with van der Waals surface area (Å²) in [6.45, 7) is 2.64. The molecular formula is C21H36N2O5. The molecule has 1 aromatic rings. The number of aliphatic hydroxyl groups is 1. The van der Waals surface area contributed by atoms with Crippen LogP contribution in [0.4, 0.5) is 0 Å². The molecule has 160 valence electrons. The van der Waals surface area contributed by atoms with E-state index in [1.165, 1.54) is 19.3 Å². The maximum absolute atomic E-state index is 12.1. The SMILES string of the molecule is CCOC(=O)CCCCCCc1c(O)[nH]c(=O)n1CCC(O)C1CCCCC1. The minimum absolute atomic E-state index is 0.0660. The van der Waals surface area contributed by atoms with E-state index >= 15 is 0 Å². The molecule has 28 heavy (non-hydrogen) atoms. The summed E-state index contributed by atoms with van der Waals surface area (Å²) in [4.78, 5) is 25.9. The molecule has 1 aromatic heterocycles. The fourth-order valence-electron chi connectivity index (χ4n) is 4.15. The van der Waals surface area contributed by atoms with Crippen LogP contribution in [-0.2, 0) is 22.5 Å². The largest absolute Gasteiger partial charge is 0.493 e.